The number of imidazole rings is 1. The van der Waals surface area contributed by atoms with Crippen molar-refractivity contribution in [3.05, 3.63) is 47.1 Å². The van der Waals surface area contributed by atoms with Gasteiger partial charge in [0.05, 0.1) is 17.0 Å². The van der Waals surface area contributed by atoms with Gasteiger partial charge in [0, 0.05) is 0 Å². The van der Waals surface area contributed by atoms with E-state index in [1.54, 1.807) is 12.1 Å². The molecule has 1 amide bonds. The van der Waals surface area contributed by atoms with Gasteiger partial charge in [-0.05, 0) is 31.5 Å². The molecule has 1 aromatic carbocycles. The molecule has 0 radical (unpaired) electrons. The molecule has 9 heteroatoms. The van der Waals surface area contributed by atoms with Crippen molar-refractivity contribution in [2.45, 2.75) is 19.9 Å². The molecule has 0 bridgehead atoms. The Morgan fingerprint density at radius 2 is 2.04 bits per heavy atom. The monoisotopic (exact) mass is 371 g/mol. The third kappa shape index (κ3) is 3.18. The zero-order chi connectivity index (χ0) is 18.8. The van der Waals surface area contributed by atoms with Gasteiger partial charge in [-0.3, -0.25) is 19.0 Å². The largest absolute Gasteiger partial charge is 0.323 e. The maximum absolute atomic E-state index is 12.8. The van der Waals surface area contributed by atoms with Crippen molar-refractivity contribution in [3.8, 4) is 0 Å². The van der Waals surface area contributed by atoms with Gasteiger partial charge in [-0.15, -0.1) is 0 Å². The summed E-state index contributed by atoms with van der Waals surface area (Å²) in [7, 11) is 0. The molecular weight excluding hydrogens is 358 g/mol. The predicted octanol–water partition coefficient (Wildman–Crippen LogP) is 2.37. The highest BCUT2D eigenvalue weighted by Crippen LogP contribution is 2.25. The number of fused-ring (bicyclic) bond motifs is 1. The lowest BCUT2D eigenvalue weighted by molar-refractivity contribution is -0.128. The number of halogens is 1. The smallest absolute Gasteiger partial charge is 0.255 e. The van der Waals surface area contributed by atoms with Gasteiger partial charge in [-0.1, -0.05) is 17.7 Å². The summed E-state index contributed by atoms with van der Waals surface area (Å²) in [6.45, 7) is 3.14. The fourth-order valence-corrected chi connectivity index (χ4v) is 2.75. The zero-order valence-corrected chi connectivity index (χ0v) is 14.7. The number of carbonyl (C=O) groups excluding carboxylic acids is 3. The van der Waals surface area contributed by atoms with Crippen LogP contribution in [0.5, 0.6) is 0 Å². The van der Waals surface area contributed by atoms with Gasteiger partial charge >= 0.3 is 0 Å². The Kier molecular flexibility index (Phi) is 4.77. The molecule has 2 heterocycles. The molecule has 0 aliphatic rings. The van der Waals surface area contributed by atoms with Crippen molar-refractivity contribution in [3.63, 3.8) is 0 Å². The summed E-state index contributed by atoms with van der Waals surface area (Å²) in [4.78, 5) is 47.9. The summed E-state index contributed by atoms with van der Waals surface area (Å²) in [5.41, 5.74) is 1.82. The van der Waals surface area contributed by atoms with E-state index in [2.05, 4.69) is 20.3 Å². The first-order chi connectivity index (χ1) is 12.4. The number of aryl methyl sites for hydroxylation is 1. The summed E-state index contributed by atoms with van der Waals surface area (Å²) in [5.74, 6) is -1.01. The van der Waals surface area contributed by atoms with Crippen LogP contribution in [-0.4, -0.2) is 37.5 Å². The number of nitrogens with zero attached hydrogens (tertiary/aromatic N) is 4. The van der Waals surface area contributed by atoms with Crippen molar-refractivity contribution in [2.75, 3.05) is 5.32 Å². The number of aromatic nitrogens is 4. The average Bonchev–Trinajstić information content (AvgIpc) is 3.02. The van der Waals surface area contributed by atoms with E-state index in [1.807, 2.05) is 13.0 Å². The van der Waals surface area contributed by atoms with Crippen LogP contribution in [-0.2, 0) is 9.59 Å². The number of aldehydes is 1. The highest BCUT2D eigenvalue weighted by molar-refractivity contribution is 6.33. The molecule has 132 valence electrons. The van der Waals surface area contributed by atoms with Gasteiger partial charge in [0.15, 0.2) is 23.8 Å². The van der Waals surface area contributed by atoms with Crippen molar-refractivity contribution >= 4 is 46.4 Å². The highest BCUT2D eigenvalue weighted by atomic mass is 35.5. The molecule has 3 aromatic rings. The van der Waals surface area contributed by atoms with Crippen LogP contribution in [0.15, 0.2) is 30.9 Å². The second-order valence-electron chi connectivity index (χ2n) is 5.69. The Labute approximate surface area is 153 Å². The maximum Gasteiger partial charge on any atom is 0.255 e. The lowest BCUT2D eigenvalue weighted by atomic mass is 10.1. The summed E-state index contributed by atoms with van der Waals surface area (Å²) in [6, 6.07) is 3.95. The first-order valence-electron chi connectivity index (χ1n) is 7.62. The minimum Gasteiger partial charge on any atom is -0.323 e. The molecule has 1 N–H and O–H groups in total. The number of Topliss-reactive ketones (excluding diaryl/α,β-unsaturated/α-hetero) is 1. The van der Waals surface area contributed by atoms with E-state index < -0.39 is 17.7 Å². The van der Waals surface area contributed by atoms with Crippen LogP contribution in [0.2, 0.25) is 5.02 Å². The van der Waals surface area contributed by atoms with Crippen LogP contribution in [0.3, 0.4) is 0 Å². The molecule has 0 aliphatic heterocycles. The van der Waals surface area contributed by atoms with Crippen LogP contribution in [0, 0.1) is 6.92 Å². The first kappa shape index (κ1) is 17.7. The molecular formula is C17H14ClN5O3. The second-order valence-corrected chi connectivity index (χ2v) is 6.09. The van der Waals surface area contributed by atoms with E-state index in [0.29, 0.717) is 17.0 Å². The van der Waals surface area contributed by atoms with Crippen molar-refractivity contribution < 1.29 is 14.4 Å². The Balaban J connectivity index is 2.02. The molecule has 0 spiro atoms. The molecule has 0 aliphatic carbocycles. The van der Waals surface area contributed by atoms with E-state index in [4.69, 9.17) is 11.6 Å². The maximum atomic E-state index is 12.8. The third-order valence-corrected chi connectivity index (χ3v) is 4.12. The van der Waals surface area contributed by atoms with Crippen LogP contribution in [0.25, 0.3) is 11.2 Å². The van der Waals surface area contributed by atoms with Crippen LogP contribution in [0.1, 0.15) is 29.0 Å². The quantitative estimate of drug-likeness (QED) is 0.545. The van der Waals surface area contributed by atoms with Crippen molar-refractivity contribution in [2.24, 2.45) is 0 Å². The molecule has 0 fully saturated rings. The van der Waals surface area contributed by atoms with E-state index in [-0.39, 0.29) is 16.9 Å². The second kappa shape index (κ2) is 7.01. The minimum atomic E-state index is -1.22. The molecule has 0 saturated heterocycles. The normalized spacial score (nSPS) is 12.0. The number of amides is 1. The number of rotatable bonds is 5. The van der Waals surface area contributed by atoms with Crippen LogP contribution in [0.4, 0.5) is 5.69 Å². The number of nitrogens with one attached hydrogen (secondary N) is 1. The average molecular weight is 372 g/mol. The number of anilines is 1. The molecule has 3 rings (SSSR count). The Hall–Kier alpha value is -3.13. The molecule has 2 aromatic heterocycles. The van der Waals surface area contributed by atoms with Gasteiger partial charge in [-0.2, -0.15) is 0 Å². The predicted molar refractivity (Wildman–Crippen MR) is 95.2 cm³/mol. The number of benzene rings is 1. The summed E-state index contributed by atoms with van der Waals surface area (Å²) < 4.78 is 1.31. The van der Waals surface area contributed by atoms with Crippen molar-refractivity contribution in [1.29, 1.82) is 0 Å². The number of hydrogen-bond donors (Lipinski definition) is 1. The van der Waals surface area contributed by atoms with E-state index >= 15 is 0 Å². The standard InChI is InChI=1S/C17H14ClN5O3/c1-9-3-4-11(18)12(5-9)22-17(26)15(10(2)25)23-8-21-14-13(6-24)19-7-20-16(14)23/h3-8,15H,1-2H3,(H,22,26). The Morgan fingerprint density at radius 3 is 2.73 bits per heavy atom. The van der Waals surface area contributed by atoms with E-state index in [1.165, 1.54) is 24.1 Å². The lowest BCUT2D eigenvalue weighted by Crippen LogP contribution is -2.31. The number of ketones is 1. The fraction of sp³-hybridized carbons (Fsp3) is 0.176. The molecule has 8 nitrogen and oxygen atoms in total. The van der Waals surface area contributed by atoms with Gasteiger partial charge in [-0.25, -0.2) is 15.0 Å². The van der Waals surface area contributed by atoms with Crippen molar-refractivity contribution in [1.82, 2.24) is 19.5 Å². The molecule has 1 atom stereocenters. The number of carbonyl (C=O) groups is 3. The highest BCUT2D eigenvalue weighted by Gasteiger charge is 2.28. The third-order valence-electron chi connectivity index (χ3n) is 3.79. The topological polar surface area (TPSA) is 107 Å². The Bertz CT molecular complexity index is 1030. The van der Waals surface area contributed by atoms with Gasteiger partial charge in [0.25, 0.3) is 5.91 Å². The van der Waals surface area contributed by atoms with Gasteiger partial charge < -0.3 is 5.32 Å². The summed E-state index contributed by atoms with van der Waals surface area (Å²) in [6.07, 6.45) is 3.00. The summed E-state index contributed by atoms with van der Waals surface area (Å²) >= 11 is 6.11. The van der Waals surface area contributed by atoms with Gasteiger partial charge in [0.2, 0.25) is 0 Å². The molecule has 26 heavy (non-hydrogen) atoms. The SMILES string of the molecule is CC(=O)C(C(=O)Nc1cc(C)ccc1Cl)n1cnc2c(C=O)ncnc21. The number of hydrogen-bond acceptors (Lipinski definition) is 6. The zero-order valence-electron chi connectivity index (χ0n) is 13.9. The van der Waals surface area contributed by atoms with Gasteiger partial charge in [0.1, 0.15) is 17.5 Å². The van der Waals surface area contributed by atoms with E-state index in [9.17, 15) is 14.4 Å². The fourth-order valence-electron chi connectivity index (χ4n) is 2.59. The first-order valence-corrected chi connectivity index (χ1v) is 8.00. The summed E-state index contributed by atoms with van der Waals surface area (Å²) in [5, 5.41) is 3.01. The molecule has 1 unspecified atom stereocenters. The van der Waals surface area contributed by atoms with Crippen LogP contribution >= 0.6 is 11.6 Å². The minimum absolute atomic E-state index is 0.0817. The van der Waals surface area contributed by atoms with E-state index in [0.717, 1.165) is 5.56 Å². The molecule has 0 saturated carbocycles. The van der Waals surface area contributed by atoms with Crippen LogP contribution < -0.4 is 5.32 Å². The lowest BCUT2D eigenvalue weighted by Gasteiger charge is -2.17. The Morgan fingerprint density at radius 1 is 1.27 bits per heavy atom.